The Bertz CT molecular complexity index is 466. The molecule has 0 amide bonds. The first-order chi connectivity index (χ1) is 9.73. The molecule has 0 N–H and O–H groups in total. The summed E-state index contributed by atoms with van der Waals surface area (Å²) in [6, 6.07) is 1.77. The van der Waals surface area contributed by atoms with Gasteiger partial charge in [0.05, 0.1) is 5.56 Å². The first kappa shape index (κ1) is 15.9. The van der Waals surface area contributed by atoms with Gasteiger partial charge in [0.1, 0.15) is 6.61 Å². The number of nitrogens with zero attached hydrogens (tertiary/aromatic N) is 2. The van der Waals surface area contributed by atoms with Crippen molar-refractivity contribution in [1.82, 2.24) is 10.1 Å². The molecule has 0 unspecified atom stereocenters. The van der Waals surface area contributed by atoms with Crippen molar-refractivity contribution in [3.8, 4) is 5.88 Å². The number of piperidine rings is 1. The van der Waals surface area contributed by atoms with Gasteiger partial charge in [0.2, 0.25) is 11.7 Å². The van der Waals surface area contributed by atoms with E-state index in [-0.39, 0.29) is 17.5 Å². The second-order valence-corrected chi connectivity index (χ2v) is 5.12. The highest BCUT2D eigenvalue weighted by molar-refractivity contribution is 5.20. The minimum Gasteiger partial charge on any atom is -0.473 e. The maximum Gasteiger partial charge on any atom is 0.417 e. The fourth-order valence-electron chi connectivity index (χ4n) is 2.20. The van der Waals surface area contributed by atoms with Gasteiger partial charge in [0.25, 0.3) is 0 Å². The topological polar surface area (TPSA) is 25.4 Å². The summed E-state index contributed by atoms with van der Waals surface area (Å²) in [5.41, 5.74) is -0.928. The Hall–Kier alpha value is -1.44. The van der Waals surface area contributed by atoms with Gasteiger partial charge in [-0.2, -0.15) is 13.2 Å². The van der Waals surface area contributed by atoms with E-state index in [0.29, 0.717) is 19.0 Å². The van der Waals surface area contributed by atoms with E-state index in [1.165, 1.54) is 0 Å². The molecular weight excluding hydrogens is 295 g/mol. The smallest absolute Gasteiger partial charge is 0.417 e. The molecule has 1 saturated heterocycles. The average molecular weight is 310 g/mol. The number of hydrogen-bond donors (Lipinski definition) is 0. The maximum atomic E-state index is 14.5. The largest absolute Gasteiger partial charge is 0.473 e. The minimum absolute atomic E-state index is 0.0371. The van der Waals surface area contributed by atoms with Crippen LogP contribution in [-0.2, 0) is 6.18 Å². The molecule has 0 spiro atoms. The van der Waals surface area contributed by atoms with Gasteiger partial charge < -0.3 is 4.74 Å². The van der Waals surface area contributed by atoms with Gasteiger partial charge in [-0.05, 0) is 18.9 Å². The highest BCUT2D eigenvalue weighted by Crippen LogP contribution is 2.36. The summed E-state index contributed by atoms with van der Waals surface area (Å²) >= 11 is 0. The molecule has 8 heteroatoms. The Morgan fingerprint density at radius 1 is 1.43 bits per heavy atom. The van der Waals surface area contributed by atoms with Crippen LogP contribution in [-0.4, -0.2) is 29.1 Å². The van der Waals surface area contributed by atoms with Crippen LogP contribution in [0.2, 0.25) is 0 Å². The van der Waals surface area contributed by atoms with Crippen LogP contribution in [0.4, 0.5) is 22.0 Å². The molecule has 1 aliphatic rings. The van der Waals surface area contributed by atoms with Crippen molar-refractivity contribution >= 4 is 0 Å². The monoisotopic (exact) mass is 310 g/mol. The van der Waals surface area contributed by atoms with Crippen LogP contribution in [0.1, 0.15) is 25.3 Å². The number of hydrogen-bond acceptors (Lipinski definition) is 3. The Balaban J connectivity index is 2.02. The molecule has 0 bridgehead atoms. The fourth-order valence-corrected chi connectivity index (χ4v) is 2.20. The van der Waals surface area contributed by atoms with Crippen LogP contribution in [0.5, 0.6) is 5.88 Å². The van der Waals surface area contributed by atoms with Crippen molar-refractivity contribution in [2.45, 2.75) is 31.7 Å². The number of pyridine rings is 1. The summed E-state index contributed by atoms with van der Waals surface area (Å²) in [5, 5.41) is 0.0885. The van der Waals surface area contributed by atoms with Crippen molar-refractivity contribution in [3.05, 3.63) is 23.9 Å². The van der Waals surface area contributed by atoms with Crippen LogP contribution in [0.15, 0.2) is 18.3 Å². The van der Waals surface area contributed by atoms with Crippen LogP contribution in [0.3, 0.4) is 0 Å². The van der Waals surface area contributed by atoms with Gasteiger partial charge in [-0.15, -0.1) is 9.60 Å². The van der Waals surface area contributed by atoms with E-state index >= 15 is 0 Å². The summed E-state index contributed by atoms with van der Waals surface area (Å²) in [7, 11) is 0. The lowest BCUT2D eigenvalue weighted by molar-refractivity contribution is -0.217. The number of aromatic nitrogens is 1. The van der Waals surface area contributed by atoms with Gasteiger partial charge >= 0.3 is 6.18 Å². The summed E-state index contributed by atoms with van der Waals surface area (Å²) < 4.78 is 70.3. The predicted molar refractivity (Wildman–Crippen MR) is 64.8 cm³/mol. The Kier molecular flexibility index (Phi) is 4.36. The van der Waals surface area contributed by atoms with E-state index in [1.54, 1.807) is 6.92 Å². The third kappa shape index (κ3) is 3.42. The normalized spacial score (nSPS) is 27.6. The van der Waals surface area contributed by atoms with Crippen molar-refractivity contribution in [1.29, 1.82) is 0 Å². The Morgan fingerprint density at radius 2 is 2.14 bits per heavy atom. The molecule has 0 saturated carbocycles. The lowest BCUT2D eigenvalue weighted by Crippen LogP contribution is -2.53. The molecule has 0 aliphatic carbocycles. The first-order valence-corrected chi connectivity index (χ1v) is 6.52. The molecule has 1 aromatic rings. The SMILES string of the molecule is C[C@@H]1CCCN(F)[C@@]1(F)COc1ccc(C(F)(F)F)cn1. The molecule has 1 fully saturated rings. The molecular formula is C13H15F5N2O. The molecule has 2 heterocycles. The van der Waals surface area contributed by atoms with Crippen molar-refractivity contribution in [2.75, 3.05) is 13.2 Å². The van der Waals surface area contributed by atoms with E-state index in [0.717, 1.165) is 12.1 Å². The molecule has 2 rings (SSSR count). The number of halogens is 5. The lowest BCUT2D eigenvalue weighted by Gasteiger charge is -2.39. The van der Waals surface area contributed by atoms with E-state index in [1.807, 2.05) is 0 Å². The zero-order valence-electron chi connectivity index (χ0n) is 11.3. The minimum atomic E-state index is -4.50. The summed E-state index contributed by atoms with van der Waals surface area (Å²) in [4.78, 5) is 3.46. The standard InChI is InChI=1S/C13H15F5N2O/c1-9-3-2-6-20(18)12(9,14)8-21-11-5-4-10(7-19-11)13(15,16)17/h4-5,7,9H,2-3,6,8H2,1H3/t9-,12+/m1/s1. The van der Waals surface area contributed by atoms with Crippen molar-refractivity contribution < 1.29 is 26.8 Å². The number of ether oxygens (including phenoxy) is 1. The van der Waals surface area contributed by atoms with E-state index in [4.69, 9.17) is 4.74 Å². The molecule has 3 nitrogen and oxygen atoms in total. The second-order valence-electron chi connectivity index (χ2n) is 5.12. The molecule has 0 aromatic carbocycles. The summed E-state index contributed by atoms with van der Waals surface area (Å²) in [5.74, 6) is -3.04. The summed E-state index contributed by atoms with van der Waals surface area (Å²) in [6.45, 7) is 0.906. The molecule has 0 radical (unpaired) electrons. The third-order valence-electron chi connectivity index (χ3n) is 3.64. The van der Waals surface area contributed by atoms with Gasteiger partial charge in [-0.3, -0.25) is 0 Å². The van der Waals surface area contributed by atoms with E-state index in [2.05, 4.69) is 4.98 Å². The van der Waals surface area contributed by atoms with E-state index < -0.39 is 30.1 Å². The second kappa shape index (κ2) is 5.75. The van der Waals surface area contributed by atoms with Gasteiger partial charge in [-0.25, -0.2) is 9.37 Å². The average Bonchev–Trinajstić information content (AvgIpc) is 2.42. The number of rotatable bonds is 3. The van der Waals surface area contributed by atoms with Crippen molar-refractivity contribution in [3.63, 3.8) is 0 Å². The van der Waals surface area contributed by atoms with Gasteiger partial charge in [-0.1, -0.05) is 6.92 Å². The zero-order chi connectivity index (χ0) is 15.7. The van der Waals surface area contributed by atoms with Crippen LogP contribution < -0.4 is 4.74 Å². The third-order valence-corrected chi connectivity index (χ3v) is 3.64. The van der Waals surface area contributed by atoms with E-state index in [9.17, 15) is 22.0 Å². The first-order valence-electron chi connectivity index (χ1n) is 6.52. The Morgan fingerprint density at radius 3 is 2.67 bits per heavy atom. The Labute approximate surface area is 118 Å². The quantitative estimate of drug-likeness (QED) is 0.483. The fraction of sp³-hybridized carbons (Fsp3) is 0.615. The molecule has 1 aliphatic heterocycles. The summed E-state index contributed by atoms with van der Waals surface area (Å²) in [6.07, 6.45) is -2.85. The zero-order valence-corrected chi connectivity index (χ0v) is 11.3. The molecule has 118 valence electrons. The highest BCUT2D eigenvalue weighted by atomic mass is 19.4. The van der Waals surface area contributed by atoms with Gasteiger partial charge in [0, 0.05) is 24.7 Å². The molecule has 1 aromatic heterocycles. The molecule has 21 heavy (non-hydrogen) atoms. The lowest BCUT2D eigenvalue weighted by atomic mass is 9.90. The van der Waals surface area contributed by atoms with Crippen LogP contribution in [0.25, 0.3) is 0 Å². The van der Waals surface area contributed by atoms with Crippen LogP contribution >= 0.6 is 0 Å². The predicted octanol–water partition coefficient (Wildman–Crippen LogP) is 3.76. The number of alkyl halides is 4. The molecule has 2 atom stereocenters. The van der Waals surface area contributed by atoms with Crippen molar-refractivity contribution in [2.24, 2.45) is 5.92 Å². The maximum absolute atomic E-state index is 14.5. The highest BCUT2D eigenvalue weighted by Gasteiger charge is 2.46. The van der Waals surface area contributed by atoms with Gasteiger partial charge in [0.15, 0.2) is 0 Å². The van der Waals surface area contributed by atoms with Crippen LogP contribution in [0, 0.1) is 5.92 Å².